The second-order valence-corrected chi connectivity index (χ2v) is 7.90. The summed E-state index contributed by atoms with van der Waals surface area (Å²) >= 11 is 2.15. The Kier molecular flexibility index (Phi) is 8.07. The van der Waals surface area contributed by atoms with Gasteiger partial charge >= 0.3 is 6.18 Å². The van der Waals surface area contributed by atoms with E-state index in [9.17, 15) is 13.2 Å². The first-order valence-electron chi connectivity index (χ1n) is 10.4. The molecule has 2 aromatic heterocycles. The van der Waals surface area contributed by atoms with Gasteiger partial charge in [-0.2, -0.15) is 18.2 Å². The van der Waals surface area contributed by atoms with Gasteiger partial charge in [0.2, 0.25) is 5.95 Å². The Morgan fingerprint density at radius 2 is 1.78 bits per heavy atom. The monoisotopic (exact) mass is 558 g/mol. The predicted molar refractivity (Wildman–Crippen MR) is 127 cm³/mol. The average molecular weight is 558 g/mol. The Bertz CT molecular complexity index is 1050. The molecule has 10 heteroatoms. The summed E-state index contributed by atoms with van der Waals surface area (Å²) in [7, 11) is 0. The molecule has 3 aromatic rings. The molecule has 6 nitrogen and oxygen atoms in total. The van der Waals surface area contributed by atoms with Crippen LogP contribution in [0.3, 0.4) is 0 Å². The van der Waals surface area contributed by atoms with Crippen molar-refractivity contribution in [2.75, 3.05) is 10.2 Å². The van der Waals surface area contributed by atoms with E-state index in [2.05, 4.69) is 66.9 Å². The zero-order valence-electron chi connectivity index (χ0n) is 18.2. The molecule has 2 N–H and O–H groups in total. The number of aromatic nitrogens is 5. The van der Waals surface area contributed by atoms with Gasteiger partial charge in [-0.15, -0.1) is 5.10 Å². The third kappa shape index (κ3) is 5.76. The summed E-state index contributed by atoms with van der Waals surface area (Å²) in [6.07, 6.45) is -0.332. The lowest BCUT2D eigenvalue weighted by molar-refractivity contribution is -0.137. The number of aromatic amines is 1. The topological polar surface area (TPSA) is 79.4 Å². The lowest BCUT2D eigenvalue weighted by atomic mass is 9.96. The number of alkyl halides is 4. The van der Waals surface area contributed by atoms with Gasteiger partial charge in [-0.3, -0.25) is 5.10 Å². The first-order valence-corrected chi connectivity index (χ1v) is 12.6. The van der Waals surface area contributed by atoms with E-state index in [1.165, 1.54) is 12.1 Å². The van der Waals surface area contributed by atoms with Gasteiger partial charge in [0.25, 0.3) is 0 Å². The zero-order chi connectivity index (χ0) is 23.3. The molecule has 32 heavy (non-hydrogen) atoms. The van der Waals surface area contributed by atoms with Crippen molar-refractivity contribution in [2.45, 2.75) is 52.1 Å². The molecule has 0 saturated heterocycles. The zero-order valence-corrected chi connectivity index (χ0v) is 20.4. The molecule has 0 spiro atoms. The van der Waals surface area contributed by atoms with Crippen LogP contribution in [0.1, 0.15) is 49.3 Å². The minimum Gasteiger partial charge on any atom is -0.307 e. The Morgan fingerprint density at radius 1 is 1.06 bits per heavy atom. The van der Waals surface area contributed by atoms with Crippen molar-refractivity contribution in [1.29, 1.82) is 0 Å². The highest BCUT2D eigenvalue weighted by molar-refractivity contribution is 14.1. The Labute approximate surface area is 199 Å². The number of H-pyrrole nitrogens is 1. The van der Waals surface area contributed by atoms with Gasteiger partial charge in [-0.05, 0) is 42.6 Å². The standard InChI is InChI=1S/C21H23F3N6.CH3I/c1-12(2)11-17-26-20(30-29-17)28-19-14-8-4-6-10-16(14)25-18(27-19)13-7-3-5-9-15(13)21(22,23)24;1-2/h3,5,7,9,12H,4,6,8,10-11H2,1-2H3,(H2,25,26,27,28,29,30);1H3. The van der Waals surface area contributed by atoms with E-state index in [4.69, 9.17) is 0 Å². The molecule has 0 saturated carbocycles. The second-order valence-electron chi connectivity index (χ2n) is 7.90. The van der Waals surface area contributed by atoms with E-state index < -0.39 is 11.7 Å². The van der Waals surface area contributed by atoms with E-state index in [-0.39, 0.29) is 11.4 Å². The van der Waals surface area contributed by atoms with Crippen LogP contribution in [-0.4, -0.2) is 30.1 Å². The number of fused-ring (bicyclic) bond motifs is 1. The summed E-state index contributed by atoms with van der Waals surface area (Å²) in [6, 6.07) is 5.39. The van der Waals surface area contributed by atoms with Crippen LogP contribution in [0.15, 0.2) is 24.3 Å². The fourth-order valence-electron chi connectivity index (χ4n) is 3.68. The van der Waals surface area contributed by atoms with E-state index >= 15 is 0 Å². The van der Waals surface area contributed by atoms with Crippen LogP contribution in [0.4, 0.5) is 24.9 Å². The molecule has 2 heterocycles. The molecule has 0 bridgehead atoms. The number of rotatable bonds is 5. The van der Waals surface area contributed by atoms with Gasteiger partial charge in [-0.1, -0.05) is 54.6 Å². The van der Waals surface area contributed by atoms with E-state index in [1.54, 1.807) is 6.07 Å². The summed E-state index contributed by atoms with van der Waals surface area (Å²) in [5, 5.41) is 10.2. The average Bonchev–Trinajstić information content (AvgIpc) is 3.20. The van der Waals surface area contributed by atoms with Crippen molar-refractivity contribution in [2.24, 2.45) is 5.92 Å². The van der Waals surface area contributed by atoms with Crippen LogP contribution in [-0.2, 0) is 25.4 Å². The number of benzene rings is 1. The first kappa shape index (κ1) is 24.4. The number of aryl methyl sites for hydroxylation is 1. The van der Waals surface area contributed by atoms with Gasteiger partial charge in [0.05, 0.1) is 5.56 Å². The summed E-state index contributed by atoms with van der Waals surface area (Å²) < 4.78 is 40.6. The van der Waals surface area contributed by atoms with Crippen LogP contribution in [0, 0.1) is 5.92 Å². The fraction of sp³-hybridized carbons (Fsp3) is 0.455. The molecule has 4 rings (SSSR count). The third-order valence-electron chi connectivity index (χ3n) is 5.02. The van der Waals surface area contributed by atoms with Gasteiger partial charge in [0, 0.05) is 23.2 Å². The molecular formula is C22H26F3IN6. The molecule has 1 aromatic carbocycles. The van der Waals surface area contributed by atoms with Crippen molar-refractivity contribution in [3.8, 4) is 11.4 Å². The van der Waals surface area contributed by atoms with Crippen molar-refractivity contribution >= 4 is 34.4 Å². The van der Waals surface area contributed by atoms with Crippen molar-refractivity contribution in [3.63, 3.8) is 0 Å². The van der Waals surface area contributed by atoms with Crippen molar-refractivity contribution in [3.05, 3.63) is 46.9 Å². The maximum absolute atomic E-state index is 13.5. The summed E-state index contributed by atoms with van der Waals surface area (Å²) in [6.45, 7) is 4.17. The van der Waals surface area contributed by atoms with Crippen LogP contribution in [0.25, 0.3) is 11.4 Å². The molecule has 1 aliphatic rings. The highest BCUT2D eigenvalue weighted by Crippen LogP contribution is 2.37. The van der Waals surface area contributed by atoms with Crippen LogP contribution in [0.5, 0.6) is 0 Å². The van der Waals surface area contributed by atoms with Crippen molar-refractivity contribution < 1.29 is 13.2 Å². The Hall–Kier alpha value is -2.24. The lowest BCUT2D eigenvalue weighted by Crippen LogP contribution is -2.14. The number of nitrogens with zero attached hydrogens (tertiary/aromatic N) is 4. The molecule has 172 valence electrons. The highest BCUT2D eigenvalue weighted by Gasteiger charge is 2.34. The van der Waals surface area contributed by atoms with E-state index in [0.29, 0.717) is 24.1 Å². The Balaban J connectivity index is 0.00000141. The minimum absolute atomic E-state index is 0.0306. The molecule has 0 aliphatic heterocycles. The predicted octanol–water partition coefficient (Wildman–Crippen LogP) is 6.15. The first-order chi connectivity index (χ1) is 15.3. The Morgan fingerprint density at radius 3 is 2.50 bits per heavy atom. The maximum atomic E-state index is 13.5. The fourth-order valence-corrected chi connectivity index (χ4v) is 3.68. The van der Waals surface area contributed by atoms with Crippen LogP contribution in [0.2, 0.25) is 0 Å². The highest BCUT2D eigenvalue weighted by atomic mass is 127. The van der Waals surface area contributed by atoms with Gasteiger partial charge in [0.15, 0.2) is 5.82 Å². The number of hydrogen-bond donors (Lipinski definition) is 2. The van der Waals surface area contributed by atoms with Gasteiger partial charge in [-0.25, -0.2) is 9.97 Å². The van der Waals surface area contributed by atoms with Gasteiger partial charge < -0.3 is 5.32 Å². The molecule has 0 amide bonds. The normalized spacial score (nSPS) is 13.4. The summed E-state index contributed by atoms with van der Waals surface area (Å²) in [4.78, 5) is 15.4. The minimum atomic E-state index is -4.49. The molecule has 0 unspecified atom stereocenters. The third-order valence-corrected chi connectivity index (χ3v) is 5.02. The van der Waals surface area contributed by atoms with Crippen LogP contribution >= 0.6 is 22.6 Å². The van der Waals surface area contributed by atoms with Crippen molar-refractivity contribution in [1.82, 2.24) is 25.1 Å². The second kappa shape index (κ2) is 10.6. The molecular weight excluding hydrogens is 532 g/mol. The smallest absolute Gasteiger partial charge is 0.307 e. The summed E-state index contributed by atoms with van der Waals surface area (Å²) in [5.74, 6) is 2.05. The largest absolute Gasteiger partial charge is 0.417 e. The molecule has 0 fully saturated rings. The van der Waals surface area contributed by atoms with Gasteiger partial charge in [0.1, 0.15) is 11.6 Å². The quantitative estimate of drug-likeness (QED) is 0.290. The molecule has 0 atom stereocenters. The van der Waals surface area contributed by atoms with E-state index in [0.717, 1.165) is 48.8 Å². The maximum Gasteiger partial charge on any atom is 0.417 e. The number of halogens is 4. The molecule has 1 aliphatic carbocycles. The number of nitrogens with one attached hydrogen (secondary N) is 2. The number of anilines is 2. The SMILES string of the molecule is CC(C)Cc1nc(Nc2nc(-c3ccccc3C(F)(F)F)nc3c2CCCC3)n[nH]1.CI. The summed E-state index contributed by atoms with van der Waals surface area (Å²) in [5.41, 5.74) is 0.925. The number of hydrogen-bond acceptors (Lipinski definition) is 5. The van der Waals surface area contributed by atoms with E-state index in [1.807, 2.05) is 4.93 Å². The van der Waals surface area contributed by atoms with Crippen LogP contribution < -0.4 is 5.32 Å². The molecule has 0 radical (unpaired) electrons. The lowest BCUT2D eigenvalue weighted by Gasteiger charge is -2.20.